The molecule has 0 fully saturated rings. The first kappa shape index (κ1) is 18.1. The zero-order valence-electron chi connectivity index (χ0n) is 15.9. The average molecular weight is 370 g/mol. The molecular formula is C24H22N2O2. The van der Waals surface area contributed by atoms with Gasteiger partial charge in [0.1, 0.15) is 6.33 Å². The number of fused-ring (bicyclic) bond motifs is 5. The van der Waals surface area contributed by atoms with Crippen LogP contribution in [0.5, 0.6) is 0 Å². The summed E-state index contributed by atoms with van der Waals surface area (Å²) in [5.41, 5.74) is 3.82. The van der Waals surface area contributed by atoms with E-state index in [2.05, 4.69) is 58.5 Å². The minimum absolute atomic E-state index is 0.155. The number of aryl methyl sites for hydroxylation is 3. The van der Waals surface area contributed by atoms with Gasteiger partial charge in [-0.25, -0.2) is 14.8 Å². The molecule has 0 unspecified atom stereocenters. The van der Waals surface area contributed by atoms with Crippen molar-refractivity contribution in [2.75, 3.05) is 0 Å². The molecule has 0 amide bonds. The van der Waals surface area contributed by atoms with Crippen LogP contribution in [0, 0.1) is 6.92 Å². The van der Waals surface area contributed by atoms with Crippen LogP contribution in [0.25, 0.3) is 21.5 Å². The summed E-state index contributed by atoms with van der Waals surface area (Å²) in [4.78, 5) is 17.6. The van der Waals surface area contributed by atoms with Crippen molar-refractivity contribution in [1.29, 1.82) is 0 Å². The highest BCUT2D eigenvalue weighted by molar-refractivity contribution is 6.08. The standard InChI is InChI=1S/C18H16.C6H6N2O2/c1-3-7-15-13(5-1)9-11-18-16-8-4-2-6-14(16)10-12-17(15)18;1-4-5(6(9)10)2-7-3-8-4/h1,3,5,7,9-12H,2,4,6,8H2;2-3H,1H3,(H,9,10). The van der Waals surface area contributed by atoms with Crippen LogP contribution in [-0.4, -0.2) is 21.0 Å². The van der Waals surface area contributed by atoms with Gasteiger partial charge in [0.05, 0.1) is 11.3 Å². The molecule has 28 heavy (non-hydrogen) atoms. The minimum Gasteiger partial charge on any atom is -0.478 e. The Kier molecular flexibility index (Phi) is 5.02. The Morgan fingerprint density at radius 3 is 2.50 bits per heavy atom. The molecule has 1 aliphatic rings. The number of carboxylic acid groups (broad SMARTS) is 1. The summed E-state index contributed by atoms with van der Waals surface area (Å²) in [6, 6.07) is 18.0. The van der Waals surface area contributed by atoms with Crippen molar-refractivity contribution in [2.24, 2.45) is 0 Å². The lowest BCUT2D eigenvalue weighted by Crippen LogP contribution is -2.02. The van der Waals surface area contributed by atoms with E-state index < -0.39 is 5.97 Å². The fourth-order valence-electron chi connectivity index (χ4n) is 3.94. The molecule has 0 saturated heterocycles. The third-order valence-electron chi connectivity index (χ3n) is 5.40. The topological polar surface area (TPSA) is 63.1 Å². The van der Waals surface area contributed by atoms with E-state index in [0.717, 1.165) is 0 Å². The number of nitrogens with zero attached hydrogens (tertiary/aromatic N) is 2. The average Bonchev–Trinajstić information content (AvgIpc) is 2.74. The Bertz CT molecular complexity index is 1170. The van der Waals surface area contributed by atoms with Gasteiger partial charge < -0.3 is 5.11 Å². The highest BCUT2D eigenvalue weighted by Gasteiger charge is 2.13. The molecule has 4 aromatic rings. The molecule has 1 heterocycles. The molecule has 4 heteroatoms. The Morgan fingerprint density at radius 1 is 0.929 bits per heavy atom. The molecule has 3 aromatic carbocycles. The third kappa shape index (κ3) is 3.46. The van der Waals surface area contributed by atoms with Gasteiger partial charge in [-0.3, -0.25) is 0 Å². The van der Waals surface area contributed by atoms with E-state index in [4.69, 9.17) is 5.11 Å². The molecule has 0 atom stereocenters. The molecule has 5 rings (SSSR count). The summed E-state index contributed by atoms with van der Waals surface area (Å²) >= 11 is 0. The summed E-state index contributed by atoms with van der Waals surface area (Å²) in [5, 5.41) is 14.1. The van der Waals surface area contributed by atoms with Gasteiger partial charge >= 0.3 is 5.97 Å². The fourth-order valence-corrected chi connectivity index (χ4v) is 3.94. The van der Waals surface area contributed by atoms with Crippen LogP contribution >= 0.6 is 0 Å². The van der Waals surface area contributed by atoms with E-state index in [9.17, 15) is 4.79 Å². The van der Waals surface area contributed by atoms with Gasteiger partial charge in [-0.2, -0.15) is 0 Å². The maximum Gasteiger partial charge on any atom is 0.339 e. The van der Waals surface area contributed by atoms with Gasteiger partial charge in [0.2, 0.25) is 0 Å². The van der Waals surface area contributed by atoms with Gasteiger partial charge in [0, 0.05) is 6.20 Å². The number of carboxylic acids is 1. The number of carbonyl (C=O) groups is 1. The number of aromatic carboxylic acids is 1. The molecule has 0 aliphatic heterocycles. The number of benzene rings is 3. The quantitative estimate of drug-likeness (QED) is 0.459. The van der Waals surface area contributed by atoms with Crippen LogP contribution in [-0.2, 0) is 12.8 Å². The second-order valence-corrected chi connectivity index (χ2v) is 7.12. The second kappa shape index (κ2) is 7.77. The monoisotopic (exact) mass is 370 g/mol. The van der Waals surface area contributed by atoms with E-state index in [1.165, 1.54) is 59.8 Å². The third-order valence-corrected chi connectivity index (χ3v) is 5.40. The summed E-state index contributed by atoms with van der Waals surface area (Å²) < 4.78 is 0. The number of aromatic nitrogens is 2. The Balaban J connectivity index is 0.000000165. The summed E-state index contributed by atoms with van der Waals surface area (Å²) in [6.07, 6.45) is 7.82. The van der Waals surface area contributed by atoms with Crippen LogP contribution in [0.15, 0.2) is 61.1 Å². The summed E-state index contributed by atoms with van der Waals surface area (Å²) in [5.74, 6) is -0.988. The van der Waals surface area contributed by atoms with E-state index in [1.54, 1.807) is 18.1 Å². The van der Waals surface area contributed by atoms with Crippen molar-refractivity contribution >= 4 is 27.5 Å². The Morgan fingerprint density at radius 2 is 1.71 bits per heavy atom. The first-order valence-corrected chi connectivity index (χ1v) is 9.57. The van der Waals surface area contributed by atoms with Crippen molar-refractivity contribution in [1.82, 2.24) is 9.97 Å². The SMILES string of the molecule is Cc1ncncc1C(=O)O.c1ccc2c(c1)ccc1c3c(ccc12)CCCC3. The maximum atomic E-state index is 10.3. The van der Waals surface area contributed by atoms with Gasteiger partial charge in [-0.05, 0) is 65.3 Å². The highest BCUT2D eigenvalue weighted by atomic mass is 16.4. The van der Waals surface area contributed by atoms with Crippen LogP contribution in [0.4, 0.5) is 0 Å². The van der Waals surface area contributed by atoms with Crippen molar-refractivity contribution < 1.29 is 9.90 Å². The predicted molar refractivity (Wildman–Crippen MR) is 112 cm³/mol. The zero-order valence-corrected chi connectivity index (χ0v) is 15.9. The first-order chi connectivity index (χ1) is 13.6. The highest BCUT2D eigenvalue weighted by Crippen LogP contribution is 2.33. The van der Waals surface area contributed by atoms with Gasteiger partial charge in [0.25, 0.3) is 0 Å². The smallest absolute Gasteiger partial charge is 0.339 e. The van der Waals surface area contributed by atoms with Crippen molar-refractivity contribution in [2.45, 2.75) is 32.6 Å². The first-order valence-electron chi connectivity index (χ1n) is 9.57. The van der Waals surface area contributed by atoms with E-state index >= 15 is 0 Å². The molecule has 0 spiro atoms. The van der Waals surface area contributed by atoms with Gasteiger partial charge in [-0.15, -0.1) is 0 Å². The lowest BCUT2D eigenvalue weighted by molar-refractivity contribution is 0.0695. The molecule has 0 saturated carbocycles. The van der Waals surface area contributed by atoms with Crippen molar-refractivity contribution in [3.8, 4) is 0 Å². The van der Waals surface area contributed by atoms with Gasteiger partial charge in [-0.1, -0.05) is 48.5 Å². The van der Waals surface area contributed by atoms with Crippen molar-refractivity contribution in [3.05, 3.63) is 83.4 Å². The van der Waals surface area contributed by atoms with Gasteiger partial charge in [0.15, 0.2) is 0 Å². The molecule has 140 valence electrons. The molecule has 1 aromatic heterocycles. The predicted octanol–water partition coefficient (Wildman–Crippen LogP) is 5.36. The number of hydrogen-bond acceptors (Lipinski definition) is 3. The maximum absolute atomic E-state index is 10.3. The number of hydrogen-bond donors (Lipinski definition) is 1. The molecular weight excluding hydrogens is 348 g/mol. The molecule has 1 N–H and O–H groups in total. The normalized spacial score (nSPS) is 12.9. The van der Waals surface area contributed by atoms with E-state index in [-0.39, 0.29) is 5.56 Å². The zero-order chi connectivity index (χ0) is 19.5. The second-order valence-electron chi connectivity index (χ2n) is 7.12. The fraction of sp³-hybridized carbons (Fsp3) is 0.208. The van der Waals surface area contributed by atoms with Crippen LogP contribution < -0.4 is 0 Å². The largest absolute Gasteiger partial charge is 0.478 e. The lowest BCUT2D eigenvalue weighted by Gasteiger charge is -2.18. The summed E-state index contributed by atoms with van der Waals surface area (Å²) in [6.45, 7) is 1.63. The van der Waals surface area contributed by atoms with E-state index in [0.29, 0.717) is 5.69 Å². The lowest BCUT2D eigenvalue weighted by atomic mass is 9.86. The number of rotatable bonds is 1. The Labute approximate surface area is 163 Å². The van der Waals surface area contributed by atoms with Crippen LogP contribution in [0.1, 0.15) is 40.0 Å². The molecule has 4 nitrogen and oxygen atoms in total. The van der Waals surface area contributed by atoms with E-state index in [1.807, 2.05) is 0 Å². The summed E-state index contributed by atoms with van der Waals surface area (Å²) in [7, 11) is 0. The Hall–Kier alpha value is -3.27. The molecule has 0 radical (unpaired) electrons. The molecule has 1 aliphatic carbocycles. The molecule has 0 bridgehead atoms. The van der Waals surface area contributed by atoms with Crippen LogP contribution in [0.2, 0.25) is 0 Å². The van der Waals surface area contributed by atoms with Crippen molar-refractivity contribution in [3.63, 3.8) is 0 Å². The van der Waals surface area contributed by atoms with Crippen LogP contribution in [0.3, 0.4) is 0 Å². The minimum atomic E-state index is -0.988.